The molecule has 26 heavy (non-hydrogen) atoms. The molecule has 0 saturated heterocycles. The van der Waals surface area contributed by atoms with Gasteiger partial charge in [-0.3, -0.25) is 9.69 Å². The summed E-state index contributed by atoms with van der Waals surface area (Å²) < 4.78 is 7.65. The minimum Gasteiger partial charge on any atom is -0.465 e. The van der Waals surface area contributed by atoms with Crippen LogP contribution in [0.15, 0.2) is 54.6 Å². The van der Waals surface area contributed by atoms with Gasteiger partial charge in [0.25, 0.3) is 0 Å². The van der Waals surface area contributed by atoms with Crippen molar-refractivity contribution in [3.05, 3.63) is 71.4 Å². The molecule has 3 aromatic rings. The largest absolute Gasteiger partial charge is 0.465 e. The first kappa shape index (κ1) is 16.9. The number of carbonyl (C=O) groups excluding carboxylic acids is 1. The Hall–Kier alpha value is -2.59. The average Bonchev–Trinajstić information content (AvgIpc) is 2.95. The summed E-state index contributed by atoms with van der Waals surface area (Å²) in [5.41, 5.74) is 4.79. The smallest absolute Gasteiger partial charge is 0.314 e. The Morgan fingerprint density at radius 2 is 1.85 bits per heavy atom. The molecule has 0 spiro atoms. The van der Waals surface area contributed by atoms with Gasteiger partial charge in [-0.25, -0.2) is 0 Å². The van der Waals surface area contributed by atoms with Gasteiger partial charge in [0.2, 0.25) is 0 Å². The summed E-state index contributed by atoms with van der Waals surface area (Å²) in [5.74, 6) is -0.364. The molecule has 4 heteroatoms. The number of nitrogens with zero attached hydrogens (tertiary/aromatic N) is 2. The van der Waals surface area contributed by atoms with Crippen molar-refractivity contribution in [2.75, 3.05) is 13.2 Å². The molecule has 1 aromatic heterocycles. The predicted octanol–water partition coefficient (Wildman–Crippen LogP) is 3.84. The summed E-state index contributed by atoms with van der Waals surface area (Å²) in [5, 5.41) is 1.17. The highest BCUT2D eigenvalue weighted by Crippen LogP contribution is 2.37. The van der Waals surface area contributed by atoms with Crippen LogP contribution in [-0.4, -0.2) is 28.6 Å². The summed E-state index contributed by atoms with van der Waals surface area (Å²) >= 11 is 0. The van der Waals surface area contributed by atoms with Crippen LogP contribution in [0.5, 0.6) is 0 Å². The Labute approximate surface area is 154 Å². The van der Waals surface area contributed by atoms with E-state index in [1.54, 1.807) is 0 Å². The SMILES string of the molecule is CCOC(=O)C1CN(Cc2ccccc2)Cc2c1c1ccccc1n2C. The van der Waals surface area contributed by atoms with Gasteiger partial charge >= 0.3 is 5.97 Å². The Kier molecular flexibility index (Phi) is 4.51. The fourth-order valence-corrected chi connectivity index (χ4v) is 4.08. The lowest BCUT2D eigenvalue weighted by atomic mass is 9.91. The molecule has 0 aliphatic carbocycles. The van der Waals surface area contributed by atoms with E-state index in [0.717, 1.165) is 18.7 Å². The fraction of sp³-hybridized carbons (Fsp3) is 0.318. The molecule has 0 N–H and O–H groups in total. The summed E-state index contributed by atoms with van der Waals surface area (Å²) in [6, 6.07) is 18.8. The number of aryl methyl sites for hydroxylation is 1. The zero-order valence-electron chi connectivity index (χ0n) is 15.3. The van der Waals surface area contributed by atoms with E-state index in [-0.39, 0.29) is 11.9 Å². The second-order valence-electron chi connectivity index (χ2n) is 6.90. The van der Waals surface area contributed by atoms with Gasteiger partial charge in [0.05, 0.1) is 12.5 Å². The molecule has 0 amide bonds. The van der Waals surface area contributed by atoms with E-state index in [9.17, 15) is 4.79 Å². The highest BCUT2D eigenvalue weighted by atomic mass is 16.5. The first-order valence-electron chi connectivity index (χ1n) is 9.18. The lowest BCUT2D eigenvalue weighted by Gasteiger charge is -2.32. The van der Waals surface area contributed by atoms with Crippen LogP contribution < -0.4 is 0 Å². The first-order chi connectivity index (χ1) is 12.7. The van der Waals surface area contributed by atoms with Crippen LogP contribution in [0.4, 0.5) is 0 Å². The predicted molar refractivity (Wildman–Crippen MR) is 103 cm³/mol. The minimum atomic E-state index is -0.242. The zero-order valence-corrected chi connectivity index (χ0v) is 15.3. The molecule has 2 aromatic carbocycles. The molecule has 1 unspecified atom stereocenters. The molecular formula is C22H24N2O2. The van der Waals surface area contributed by atoms with Crippen molar-refractivity contribution >= 4 is 16.9 Å². The average molecular weight is 348 g/mol. The Morgan fingerprint density at radius 3 is 2.62 bits per heavy atom. The monoisotopic (exact) mass is 348 g/mol. The van der Waals surface area contributed by atoms with Crippen LogP contribution in [0.2, 0.25) is 0 Å². The summed E-state index contributed by atoms with van der Waals surface area (Å²) in [6.07, 6.45) is 0. The van der Waals surface area contributed by atoms with Crippen LogP contribution in [0.25, 0.3) is 10.9 Å². The van der Waals surface area contributed by atoms with Gasteiger partial charge in [0.15, 0.2) is 0 Å². The number of rotatable bonds is 4. The quantitative estimate of drug-likeness (QED) is 0.672. The minimum absolute atomic E-state index is 0.122. The lowest BCUT2D eigenvalue weighted by Crippen LogP contribution is -2.37. The maximum atomic E-state index is 12.8. The van der Waals surface area contributed by atoms with Crippen LogP contribution in [0, 0.1) is 0 Å². The number of ether oxygens (including phenoxy) is 1. The molecule has 134 valence electrons. The Bertz CT molecular complexity index is 930. The zero-order chi connectivity index (χ0) is 18.1. The number of aromatic nitrogens is 1. The first-order valence-corrected chi connectivity index (χ1v) is 9.18. The van der Waals surface area contributed by atoms with E-state index in [4.69, 9.17) is 4.74 Å². The van der Waals surface area contributed by atoms with Crippen molar-refractivity contribution in [3.63, 3.8) is 0 Å². The third-order valence-electron chi connectivity index (χ3n) is 5.25. The van der Waals surface area contributed by atoms with Gasteiger partial charge in [-0.1, -0.05) is 48.5 Å². The molecule has 1 aliphatic rings. The number of benzene rings is 2. The third kappa shape index (κ3) is 2.90. The third-order valence-corrected chi connectivity index (χ3v) is 5.25. The summed E-state index contributed by atoms with van der Waals surface area (Å²) in [7, 11) is 2.09. The van der Waals surface area contributed by atoms with Crippen LogP contribution in [0.1, 0.15) is 29.7 Å². The molecule has 0 fully saturated rings. The van der Waals surface area contributed by atoms with Gasteiger partial charge in [-0.2, -0.15) is 0 Å². The van der Waals surface area contributed by atoms with Crippen molar-refractivity contribution in [3.8, 4) is 0 Å². The van der Waals surface area contributed by atoms with Gasteiger partial charge < -0.3 is 9.30 Å². The van der Waals surface area contributed by atoms with Crippen molar-refractivity contribution in [1.82, 2.24) is 9.47 Å². The summed E-state index contributed by atoms with van der Waals surface area (Å²) in [6.45, 7) is 4.64. The number of hydrogen-bond acceptors (Lipinski definition) is 3. The lowest BCUT2D eigenvalue weighted by molar-refractivity contribution is -0.145. The van der Waals surface area contributed by atoms with E-state index >= 15 is 0 Å². The maximum Gasteiger partial charge on any atom is 0.314 e. The normalized spacial score (nSPS) is 17.2. The highest BCUT2D eigenvalue weighted by Gasteiger charge is 2.35. The number of hydrogen-bond donors (Lipinski definition) is 0. The molecule has 1 aliphatic heterocycles. The molecule has 0 bridgehead atoms. The van der Waals surface area contributed by atoms with Crippen LogP contribution >= 0.6 is 0 Å². The Morgan fingerprint density at radius 1 is 1.12 bits per heavy atom. The Balaban J connectivity index is 1.76. The number of fused-ring (bicyclic) bond motifs is 3. The standard InChI is InChI=1S/C22H24N2O2/c1-3-26-22(25)18-14-24(13-16-9-5-4-6-10-16)15-20-21(18)17-11-7-8-12-19(17)23(20)2/h4-12,18H,3,13-15H2,1-2H3. The van der Waals surface area contributed by atoms with E-state index in [0.29, 0.717) is 13.2 Å². The van der Waals surface area contributed by atoms with E-state index in [2.05, 4.69) is 59.0 Å². The topological polar surface area (TPSA) is 34.5 Å². The summed E-state index contributed by atoms with van der Waals surface area (Å²) in [4.78, 5) is 15.1. The van der Waals surface area contributed by atoms with Crippen molar-refractivity contribution < 1.29 is 9.53 Å². The fourth-order valence-electron chi connectivity index (χ4n) is 4.08. The van der Waals surface area contributed by atoms with Gasteiger partial charge in [0.1, 0.15) is 0 Å². The number of para-hydroxylation sites is 1. The maximum absolute atomic E-state index is 12.8. The van der Waals surface area contributed by atoms with Crippen molar-refractivity contribution in [2.24, 2.45) is 7.05 Å². The van der Waals surface area contributed by atoms with E-state index < -0.39 is 0 Å². The molecule has 1 atom stereocenters. The number of carbonyl (C=O) groups is 1. The van der Waals surface area contributed by atoms with E-state index in [1.807, 2.05) is 19.1 Å². The van der Waals surface area contributed by atoms with Gasteiger partial charge in [-0.05, 0) is 24.1 Å². The van der Waals surface area contributed by atoms with Crippen molar-refractivity contribution in [1.29, 1.82) is 0 Å². The van der Waals surface area contributed by atoms with Crippen molar-refractivity contribution in [2.45, 2.75) is 25.9 Å². The second kappa shape index (κ2) is 6.96. The number of esters is 1. The molecule has 4 nitrogen and oxygen atoms in total. The van der Waals surface area contributed by atoms with E-state index in [1.165, 1.54) is 22.2 Å². The van der Waals surface area contributed by atoms with Gasteiger partial charge in [0, 0.05) is 43.3 Å². The second-order valence-corrected chi connectivity index (χ2v) is 6.90. The molecule has 0 saturated carbocycles. The molecule has 4 rings (SSSR count). The van der Waals surface area contributed by atoms with Crippen LogP contribution in [-0.2, 0) is 29.7 Å². The molecular weight excluding hydrogens is 324 g/mol. The molecule has 2 heterocycles. The van der Waals surface area contributed by atoms with Gasteiger partial charge in [-0.15, -0.1) is 0 Å². The molecule has 0 radical (unpaired) electrons. The highest BCUT2D eigenvalue weighted by molar-refractivity contribution is 5.92. The van der Waals surface area contributed by atoms with Crippen LogP contribution in [0.3, 0.4) is 0 Å².